The van der Waals surface area contributed by atoms with Crippen molar-refractivity contribution in [3.8, 4) is 0 Å². The van der Waals surface area contributed by atoms with Crippen molar-refractivity contribution in [1.29, 1.82) is 0 Å². The van der Waals surface area contributed by atoms with Gasteiger partial charge in [0, 0.05) is 30.0 Å². The minimum atomic E-state index is -0.489. The molecule has 0 atom stereocenters. The molecular formula is C14H13N3O4S. The summed E-state index contributed by atoms with van der Waals surface area (Å²) in [7, 11) is 0. The number of hydrogen-bond donors (Lipinski definition) is 1. The third-order valence-corrected chi connectivity index (χ3v) is 3.85. The Morgan fingerprint density at radius 1 is 1.36 bits per heavy atom. The minimum Gasteiger partial charge on any atom is -0.618 e. The highest BCUT2D eigenvalue weighted by Crippen LogP contribution is 2.21. The lowest BCUT2D eigenvalue weighted by Crippen LogP contribution is -2.28. The van der Waals surface area contributed by atoms with Crippen molar-refractivity contribution >= 4 is 29.0 Å². The summed E-state index contributed by atoms with van der Waals surface area (Å²) >= 11 is 1.12. The molecule has 1 aromatic heterocycles. The van der Waals surface area contributed by atoms with Crippen molar-refractivity contribution in [3.05, 3.63) is 63.5 Å². The number of benzene rings is 1. The van der Waals surface area contributed by atoms with E-state index >= 15 is 0 Å². The Labute approximate surface area is 130 Å². The topological polar surface area (TPSA) is 99.2 Å². The van der Waals surface area contributed by atoms with Crippen molar-refractivity contribution in [3.63, 3.8) is 0 Å². The number of nitrogens with zero attached hydrogens (tertiary/aromatic N) is 2. The lowest BCUT2D eigenvalue weighted by molar-refractivity contribution is -0.645. The van der Waals surface area contributed by atoms with Gasteiger partial charge >= 0.3 is 0 Å². The summed E-state index contributed by atoms with van der Waals surface area (Å²) in [6, 6.07) is 9.17. The molecule has 22 heavy (non-hydrogen) atoms. The molecule has 0 unspecified atom stereocenters. The van der Waals surface area contributed by atoms with E-state index in [1.165, 1.54) is 24.4 Å². The Morgan fingerprint density at radius 2 is 2.14 bits per heavy atom. The number of nitro benzene ring substituents is 1. The molecule has 0 aliphatic heterocycles. The molecule has 1 heterocycles. The van der Waals surface area contributed by atoms with E-state index in [0.29, 0.717) is 21.0 Å². The molecule has 7 nitrogen and oxygen atoms in total. The number of aryl methyl sites for hydroxylation is 1. The number of carbonyl (C=O) groups excluding carboxylic acids is 1. The molecule has 114 valence electrons. The van der Waals surface area contributed by atoms with Crippen LogP contribution in [0.4, 0.5) is 11.4 Å². The van der Waals surface area contributed by atoms with E-state index in [2.05, 4.69) is 5.32 Å². The van der Waals surface area contributed by atoms with Gasteiger partial charge in [-0.2, -0.15) is 4.73 Å². The van der Waals surface area contributed by atoms with Crippen LogP contribution in [0.15, 0.2) is 47.6 Å². The summed E-state index contributed by atoms with van der Waals surface area (Å²) in [6.07, 6.45) is 1.36. The zero-order valence-electron chi connectivity index (χ0n) is 11.7. The van der Waals surface area contributed by atoms with Gasteiger partial charge in [0.15, 0.2) is 6.20 Å². The second-order valence-electron chi connectivity index (χ2n) is 4.46. The fourth-order valence-corrected chi connectivity index (χ4v) is 2.47. The van der Waals surface area contributed by atoms with Gasteiger partial charge in [-0.05, 0) is 36.4 Å². The molecule has 0 fully saturated rings. The number of anilines is 1. The Kier molecular flexibility index (Phi) is 4.95. The summed E-state index contributed by atoms with van der Waals surface area (Å²) in [4.78, 5) is 22.1. The molecule has 1 N–H and O–H groups in total. The predicted molar refractivity (Wildman–Crippen MR) is 82.6 cm³/mol. The van der Waals surface area contributed by atoms with Crippen LogP contribution >= 0.6 is 11.8 Å². The van der Waals surface area contributed by atoms with E-state index in [1.54, 1.807) is 25.1 Å². The highest BCUT2D eigenvalue weighted by Gasteiger charge is 2.12. The predicted octanol–water partition coefficient (Wildman–Crippen LogP) is 2.27. The summed E-state index contributed by atoms with van der Waals surface area (Å²) < 4.78 is 0.690. The number of amides is 1. The first-order valence-corrected chi connectivity index (χ1v) is 7.32. The lowest BCUT2D eigenvalue weighted by atomic mass is 10.2. The molecule has 2 aromatic rings. The average molecular weight is 319 g/mol. The normalized spacial score (nSPS) is 10.2. The van der Waals surface area contributed by atoms with E-state index in [-0.39, 0.29) is 17.3 Å². The van der Waals surface area contributed by atoms with Gasteiger partial charge in [-0.15, -0.1) is 0 Å². The summed E-state index contributed by atoms with van der Waals surface area (Å²) in [6.45, 7) is 1.68. The molecule has 0 saturated heterocycles. The van der Waals surface area contributed by atoms with E-state index in [1.807, 2.05) is 0 Å². The highest BCUT2D eigenvalue weighted by molar-refractivity contribution is 7.99. The first kappa shape index (κ1) is 15.8. The highest BCUT2D eigenvalue weighted by atomic mass is 32.2. The number of hydrogen-bond acceptors (Lipinski definition) is 5. The largest absolute Gasteiger partial charge is 0.618 e. The number of pyridine rings is 1. The van der Waals surface area contributed by atoms with E-state index in [0.717, 1.165) is 11.8 Å². The SMILES string of the molecule is Cc1cc([N+](=O)[O-])ccc1NC(=O)CSc1cccc[n+]1[O-]. The maximum atomic E-state index is 11.9. The van der Waals surface area contributed by atoms with Crippen LogP contribution in [-0.2, 0) is 4.79 Å². The van der Waals surface area contributed by atoms with Crippen molar-refractivity contribution < 1.29 is 14.4 Å². The average Bonchev–Trinajstić information content (AvgIpc) is 2.48. The van der Waals surface area contributed by atoms with Crippen LogP contribution in [0.2, 0.25) is 0 Å². The monoisotopic (exact) mass is 319 g/mol. The van der Waals surface area contributed by atoms with Crippen molar-refractivity contribution in [1.82, 2.24) is 0 Å². The smallest absolute Gasteiger partial charge is 0.269 e. The third kappa shape index (κ3) is 3.95. The van der Waals surface area contributed by atoms with Gasteiger partial charge in [-0.1, -0.05) is 0 Å². The molecule has 2 rings (SSSR count). The van der Waals surface area contributed by atoms with Crippen LogP contribution in [0.5, 0.6) is 0 Å². The molecule has 0 aliphatic carbocycles. The van der Waals surface area contributed by atoms with Crippen molar-refractivity contribution in [2.75, 3.05) is 11.1 Å². The fourth-order valence-electron chi connectivity index (χ4n) is 1.75. The Balaban J connectivity index is 1.98. The van der Waals surface area contributed by atoms with Crippen LogP contribution in [0.1, 0.15) is 5.56 Å². The number of nitro groups is 1. The number of carbonyl (C=O) groups is 1. The van der Waals surface area contributed by atoms with Crippen LogP contribution < -0.4 is 10.0 Å². The van der Waals surface area contributed by atoms with Crippen molar-refractivity contribution in [2.24, 2.45) is 0 Å². The fraction of sp³-hybridized carbons (Fsp3) is 0.143. The molecule has 0 bridgehead atoms. The van der Waals surface area contributed by atoms with Crippen LogP contribution in [0.25, 0.3) is 0 Å². The Bertz CT molecular complexity index is 721. The van der Waals surface area contributed by atoms with Crippen molar-refractivity contribution in [2.45, 2.75) is 11.9 Å². The molecule has 8 heteroatoms. The summed E-state index contributed by atoms with van der Waals surface area (Å²) in [5.41, 5.74) is 1.09. The zero-order valence-corrected chi connectivity index (χ0v) is 12.5. The van der Waals surface area contributed by atoms with E-state index in [9.17, 15) is 20.1 Å². The number of nitrogens with one attached hydrogen (secondary N) is 1. The number of rotatable bonds is 5. The van der Waals surface area contributed by atoms with Gasteiger partial charge in [0.05, 0.1) is 10.7 Å². The van der Waals surface area contributed by atoms with Crippen LogP contribution in [-0.4, -0.2) is 16.6 Å². The maximum Gasteiger partial charge on any atom is 0.269 e. The van der Waals surface area contributed by atoms with Gasteiger partial charge < -0.3 is 10.5 Å². The molecule has 0 spiro atoms. The first-order chi connectivity index (χ1) is 10.5. The first-order valence-electron chi connectivity index (χ1n) is 6.33. The Hall–Kier alpha value is -2.61. The number of thioether (sulfide) groups is 1. The lowest BCUT2D eigenvalue weighted by Gasteiger charge is -2.08. The van der Waals surface area contributed by atoms with Gasteiger partial charge in [-0.25, -0.2) is 0 Å². The molecule has 0 aliphatic rings. The van der Waals surface area contributed by atoms with Gasteiger partial charge in [-0.3, -0.25) is 14.9 Å². The van der Waals surface area contributed by atoms with Crippen LogP contribution in [0, 0.1) is 22.2 Å². The molecule has 1 aromatic carbocycles. The van der Waals surface area contributed by atoms with Crippen LogP contribution in [0.3, 0.4) is 0 Å². The standard InChI is InChI=1S/C14H13N3O4S/c1-10-8-11(17(20)21)5-6-12(10)15-13(18)9-22-14-4-2-3-7-16(14)19/h2-8H,9H2,1H3,(H,15,18). The second kappa shape index (κ2) is 6.90. The quantitative estimate of drug-likeness (QED) is 0.300. The van der Waals surface area contributed by atoms with Gasteiger partial charge in [0.1, 0.15) is 0 Å². The molecular weight excluding hydrogens is 306 g/mol. The second-order valence-corrected chi connectivity index (χ2v) is 5.45. The van der Waals surface area contributed by atoms with Gasteiger partial charge in [0.2, 0.25) is 5.91 Å². The summed E-state index contributed by atoms with van der Waals surface area (Å²) in [5.74, 6) is -0.214. The molecule has 1 amide bonds. The number of aromatic nitrogens is 1. The summed E-state index contributed by atoms with van der Waals surface area (Å²) in [5, 5.41) is 25.2. The third-order valence-electron chi connectivity index (χ3n) is 2.83. The number of non-ortho nitro benzene ring substituents is 1. The van der Waals surface area contributed by atoms with Gasteiger partial charge in [0.25, 0.3) is 10.7 Å². The minimum absolute atomic E-state index is 0.0263. The Morgan fingerprint density at radius 3 is 2.77 bits per heavy atom. The molecule has 0 radical (unpaired) electrons. The zero-order chi connectivity index (χ0) is 16.1. The van der Waals surface area contributed by atoms with E-state index in [4.69, 9.17) is 0 Å². The van der Waals surface area contributed by atoms with E-state index < -0.39 is 4.92 Å². The maximum absolute atomic E-state index is 11.9. The molecule has 0 saturated carbocycles.